The Morgan fingerprint density at radius 1 is 0.780 bits per heavy atom. The number of anilines is 1. The number of likely N-dealkylation sites (tertiary alicyclic amines) is 1. The Labute approximate surface area is 237 Å². The van der Waals surface area contributed by atoms with Crippen LogP contribution in [0.1, 0.15) is 65.2 Å². The van der Waals surface area contributed by atoms with Crippen LogP contribution < -0.4 is 5.32 Å². The number of amides is 3. The summed E-state index contributed by atoms with van der Waals surface area (Å²) in [6.07, 6.45) is 0. The van der Waals surface area contributed by atoms with Gasteiger partial charge in [-0.1, -0.05) is 62.4 Å². The number of benzene rings is 3. The van der Waals surface area contributed by atoms with Gasteiger partial charge in [0.1, 0.15) is 6.04 Å². The van der Waals surface area contributed by atoms with Crippen molar-refractivity contribution in [3.05, 3.63) is 101 Å². The summed E-state index contributed by atoms with van der Waals surface area (Å²) in [6.45, 7) is 4.37. The van der Waals surface area contributed by atoms with Gasteiger partial charge in [0.2, 0.25) is 11.8 Å². The fourth-order valence-corrected chi connectivity index (χ4v) is 6.86. The number of nitrogens with zero attached hydrogens (tertiary/aromatic N) is 1. The van der Waals surface area contributed by atoms with Crippen LogP contribution in [0, 0.1) is 17.8 Å². The van der Waals surface area contributed by atoms with Gasteiger partial charge in [-0.25, -0.2) is 4.79 Å². The average molecular weight is 551 g/mol. The van der Waals surface area contributed by atoms with E-state index in [-0.39, 0.29) is 29.4 Å². The highest BCUT2D eigenvalue weighted by Gasteiger charge is 2.63. The first-order valence-electron chi connectivity index (χ1n) is 13.8. The van der Waals surface area contributed by atoms with Gasteiger partial charge in [-0.05, 0) is 59.4 Å². The van der Waals surface area contributed by atoms with E-state index in [0.717, 1.165) is 27.2 Å². The molecule has 1 fully saturated rings. The van der Waals surface area contributed by atoms with Crippen LogP contribution in [-0.4, -0.2) is 47.0 Å². The highest BCUT2D eigenvalue weighted by molar-refractivity contribution is 6.10. The van der Waals surface area contributed by atoms with Gasteiger partial charge in [-0.15, -0.1) is 0 Å². The summed E-state index contributed by atoms with van der Waals surface area (Å²) < 4.78 is 5.37. The monoisotopic (exact) mass is 550 g/mol. The molecule has 1 heterocycles. The van der Waals surface area contributed by atoms with Crippen LogP contribution in [0.4, 0.5) is 5.69 Å². The molecule has 3 aliphatic carbocycles. The van der Waals surface area contributed by atoms with E-state index in [2.05, 4.69) is 5.32 Å². The zero-order valence-electron chi connectivity index (χ0n) is 23.0. The summed E-state index contributed by atoms with van der Waals surface area (Å²) in [6, 6.07) is 21.1. The normalized spacial score (nSPS) is 22.6. The number of Topliss-reactive ketones (excluding diaryl/α,β-unsaturated/α-hetero) is 1. The third-order valence-corrected chi connectivity index (χ3v) is 8.55. The fourth-order valence-electron chi connectivity index (χ4n) is 6.86. The maximum atomic E-state index is 14.1. The Morgan fingerprint density at radius 2 is 1.24 bits per heavy atom. The van der Waals surface area contributed by atoms with Gasteiger partial charge in [0.25, 0.3) is 5.91 Å². The molecular formula is C33H30N2O6. The Balaban J connectivity index is 1.23. The van der Waals surface area contributed by atoms with Crippen LogP contribution >= 0.6 is 0 Å². The molecule has 4 aliphatic rings. The lowest BCUT2D eigenvalue weighted by atomic mass is 9.55. The van der Waals surface area contributed by atoms with Gasteiger partial charge in [0, 0.05) is 23.1 Å². The first kappa shape index (κ1) is 26.6. The second-order valence-corrected chi connectivity index (χ2v) is 11.3. The van der Waals surface area contributed by atoms with Crippen molar-refractivity contribution >= 4 is 35.2 Å². The van der Waals surface area contributed by atoms with E-state index in [9.17, 15) is 24.0 Å². The first-order chi connectivity index (χ1) is 19.7. The van der Waals surface area contributed by atoms with Crippen LogP contribution in [0.2, 0.25) is 0 Å². The van der Waals surface area contributed by atoms with Crippen LogP contribution in [0.3, 0.4) is 0 Å². The molecule has 0 radical (unpaired) electrons. The fraction of sp³-hybridized carbons (Fsp3) is 0.303. The molecule has 0 aromatic heterocycles. The van der Waals surface area contributed by atoms with E-state index < -0.39 is 42.3 Å². The number of hydrogen-bond acceptors (Lipinski definition) is 6. The second-order valence-electron chi connectivity index (χ2n) is 11.3. The van der Waals surface area contributed by atoms with E-state index in [1.54, 1.807) is 38.1 Å². The summed E-state index contributed by atoms with van der Waals surface area (Å²) in [5.74, 6) is -4.40. The van der Waals surface area contributed by atoms with Gasteiger partial charge < -0.3 is 10.1 Å². The Morgan fingerprint density at radius 3 is 1.66 bits per heavy atom. The third kappa shape index (κ3) is 4.25. The second kappa shape index (κ2) is 10.1. The van der Waals surface area contributed by atoms with E-state index in [1.165, 1.54) is 6.92 Å². The molecule has 3 amide bonds. The predicted octanol–water partition coefficient (Wildman–Crippen LogP) is 4.29. The van der Waals surface area contributed by atoms with Gasteiger partial charge in [-0.3, -0.25) is 24.1 Å². The van der Waals surface area contributed by atoms with Crippen LogP contribution in [0.25, 0.3) is 0 Å². The molecule has 3 aromatic carbocycles. The minimum atomic E-state index is -1.16. The number of ketones is 1. The molecule has 3 atom stereocenters. The molecule has 2 bridgehead atoms. The number of rotatable bonds is 7. The third-order valence-electron chi connectivity index (χ3n) is 8.55. The van der Waals surface area contributed by atoms with Crippen molar-refractivity contribution in [1.29, 1.82) is 0 Å². The topological polar surface area (TPSA) is 110 Å². The Hall–Kier alpha value is -4.59. The maximum absolute atomic E-state index is 14.1. The van der Waals surface area contributed by atoms with Gasteiger partial charge in [-0.2, -0.15) is 0 Å². The number of hydrogen-bond donors (Lipinski definition) is 1. The van der Waals surface area contributed by atoms with E-state index in [0.29, 0.717) is 11.3 Å². The summed E-state index contributed by atoms with van der Waals surface area (Å²) in [4.78, 5) is 66.6. The van der Waals surface area contributed by atoms with Crippen molar-refractivity contribution in [2.75, 3.05) is 11.9 Å². The lowest BCUT2D eigenvalue weighted by Gasteiger charge is -2.45. The maximum Gasteiger partial charge on any atom is 0.330 e. The number of esters is 1. The smallest absolute Gasteiger partial charge is 0.330 e. The molecule has 0 spiro atoms. The molecule has 208 valence electrons. The lowest BCUT2D eigenvalue weighted by Crippen LogP contribution is -2.49. The molecular weight excluding hydrogens is 520 g/mol. The van der Waals surface area contributed by atoms with Crippen molar-refractivity contribution < 1.29 is 28.7 Å². The molecule has 8 heteroatoms. The molecule has 1 N–H and O–H groups in total. The van der Waals surface area contributed by atoms with Gasteiger partial charge >= 0.3 is 5.97 Å². The molecule has 8 nitrogen and oxygen atoms in total. The summed E-state index contributed by atoms with van der Waals surface area (Å²) in [5, 5.41) is 2.62. The van der Waals surface area contributed by atoms with Crippen molar-refractivity contribution in [3.63, 3.8) is 0 Å². The molecule has 1 aliphatic heterocycles. The molecule has 0 saturated carbocycles. The lowest BCUT2D eigenvalue weighted by molar-refractivity contribution is -0.162. The number of ether oxygens (including phenoxy) is 1. The SMILES string of the molecule is CC(=O)c1ccc(NC(=O)COC(=O)[C@H](C(C)C)N2C(=O)[C@@H]3C4c5ccccc5C(c5ccccc54)[C@@H]3C2=O)cc1. The largest absolute Gasteiger partial charge is 0.454 e. The molecule has 41 heavy (non-hydrogen) atoms. The Bertz CT molecular complexity index is 1480. The van der Waals surface area contributed by atoms with Gasteiger partial charge in [0.15, 0.2) is 12.4 Å². The quantitative estimate of drug-likeness (QED) is 0.267. The van der Waals surface area contributed by atoms with Crippen LogP contribution in [-0.2, 0) is 23.9 Å². The summed E-state index contributed by atoms with van der Waals surface area (Å²) in [5.41, 5.74) is 5.16. The van der Waals surface area contributed by atoms with Crippen molar-refractivity contribution in [2.24, 2.45) is 17.8 Å². The van der Waals surface area contributed by atoms with Gasteiger partial charge in [0.05, 0.1) is 11.8 Å². The summed E-state index contributed by atoms with van der Waals surface area (Å²) >= 11 is 0. The zero-order valence-corrected chi connectivity index (χ0v) is 23.0. The molecule has 7 rings (SSSR count). The van der Waals surface area contributed by atoms with Crippen LogP contribution in [0.5, 0.6) is 0 Å². The van der Waals surface area contributed by atoms with Crippen LogP contribution in [0.15, 0.2) is 72.8 Å². The average Bonchev–Trinajstić information content (AvgIpc) is 3.22. The molecule has 1 saturated heterocycles. The number of carbonyl (C=O) groups excluding carboxylic acids is 5. The van der Waals surface area contributed by atoms with E-state index in [4.69, 9.17) is 4.74 Å². The highest BCUT2D eigenvalue weighted by Crippen LogP contribution is 2.61. The molecule has 3 aromatic rings. The van der Waals surface area contributed by atoms with Crippen molar-refractivity contribution in [1.82, 2.24) is 4.90 Å². The minimum absolute atomic E-state index is 0.0943. The number of carbonyl (C=O) groups is 5. The van der Waals surface area contributed by atoms with Crippen molar-refractivity contribution in [2.45, 2.75) is 38.6 Å². The highest BCUT2D eigenvalue weighted by atomic mass is 16.5. The predicted molar refractivity (Wildman–Crippen MR) is 150 cm³/mol. The molecule has 0 unspecified atom stereocenters. The number of imide groups is 1. The van der Waals surface area contributed by atoms with Crippen molar-refractivity contribution in [3.8, 4) is 0 Å². The summed E-state index contributed by atoms with van der Waals surface area (Å²) in [7, 11) is 0. The van der Waals surface area contributed by atoms with E-state index >= 15 is 0 Å². The zero-order chi connectivity index (χ0) is 29.0. The van der Waals surface area contributed by atoms with E-state index in [1.807, 2.05) is 48.5 Å². The Kier molecular flexibility index (Phi) is 6.56. The standard InChI is InChI=1S/C33H30N2O6/c1-17(2)30(33(40)41-16-25(37)34-20-14-12-19(13-15-20)18(3)36)35-31(38)28-26-21-8-4-5-9-22(21)27(29(28)32(35)39)24-11-7-6-10-23(24)26/h4-15,17,26-30H,16H2,1-3H3,(H,34,37)/t26?,27?,28-,29+,30-/m0/s1. The minimum Gasteiger partial charge on any atom is -0.454 e. The first-order valence-corrected chi connectivity index (χ1v) is 13.8. The number of nitrogens with one attached hydrogen (secondary N) is 1.